The highest BCUT2D eigenvalue weighted by Gasteiger charge is 2.56. The van der Waals surface area contributed by atoms with Crippen molar-refractivity contribution in [3.63, 3.8) is 0 Å². The van der Waals surface area contributed by atoms with Gasteiger partial charge in [-0.25, -0.2) is 0 Å². The number of carbonyl (C=O) groups is 2. The van der Waals surface area contributed by atoms with Gasteiger partial charge in [-0.15, -0.1) is 0 Å². The topological polar surface area (TPSA) is 76.7 Å². The Morgan fingerprint density at radius 3 is 2.30 bits per heavy atom. The van der Waals surface area contributed by atoms with Crippen molar-refractivity contribution in [1.29, 1.82) is 0 Å². The van der Waals surface area contributed by atoms with Gasteiger partial charge >= 0.3 is 0 Å². The first-order valence-electron chi connectivity index (χ1n) is 8.99. The molecule has 0 bridgehead atoms. The molecule has 0 unspecified atom stereocenters. The van der Waals surface area contributed by atoms with Crippen LogP contribution in [0.25, 0.3) is 0 Å². The molecular formula is C21H24N2O4. The molecule has 0 spiro atoms. The molecular weight excluding hydrogens is 344 g/mol. The summed E-state index contributed by atoms with van der Waals surface area (Å²) in [4.78, 5) is 25.5. The maximum atomic E-state index is 12.8. The number of hydrogen-bond acceptors (Lipinski definition) is 4. The third-order valence-corrected chi connectivity index (χ3v) is 4.65. The lowest BCUT2D eigenvalue weighted by Crippen LogP contribution is -2.35. The van der Waals surface area contributed by atoms with Crippen LogP contribution < -0.4 is 20.1 Å². The van der Waals surface area contributed by atoms with E-state index in [2.05, 4.69) is 10.6 Å². The summed E-state index contributed by atoms with van der Waals surface area (Å²) in [6, 6.07) is 12.6. The first-order chi connectivity index (χ1) is 13.0. The van der Waals surface area contributed by atoms with E-state index < -0.39 is 5.41 Å². The molecule has 0 atom stereocenters. The average molecular weight is 368 g/mol. The SMILES string of the molecule is CCOc1ccc(NC(=O)C2(C(=O)Nc3cc(C)ccc3OC)CC2)cc1. The summed E-state index contributed by atoms with van der Waals surface area (Å²) in [5.74, 6) is 0.697. The van der Waals surface area contributed by atoms with E-state index in [0.717, 1.165) is 11.3 Å². The Hall–Kier alpha value is -3.02. The van der Waals surface area contributed by atoms with Crippen molar-refractivity contribution in [3.05, 3.63) is 48.0 Å². The fraction of sp³-hybridized carbons (Fsp3) is 0.333. The quantitative estimate of drug-likeness (QED) is 0.730. The number of nitrogens with one attached hydrogen (secondary N) is 2. The largest absolute Gasteiger partial charge is 0.495 e. The molecule has 2 amide bonds. The Morgan fingerprint density at radius 1 is 1.04 bits per heavy atom. The van der Waals surface area contributed by atoms with E-state index in [4.69, 9.17) is 9.47 Å². The summed E-state index contributed by atoms with van der Waals surface area (Å²) in [6.45, 7) is 4.42. The van der Waals surface area contributed by atoms with Gasteiger partial charge in [-0.05, 0) is 68.7 Å². The first-order valence-corrected chi connectivity index (χ1v) is 8.99. The molecule has 0 heterocycles. The molecule has 2 aromatic carbocycles. The molecule has 1 aliphatic rings. The lowest BCUT2D eigenvalue weighted by atomic mass is 10.0. The highest BCUT2D eigenvalue weighted by molar-refractivity contribution is 6.17. The van der Waals surface area contributed by atoms with Crippen LogP contribution in [0.5, 0.6) is 11.5 Å². The standard InChI is InChI=1S/C21H24N2O4/c1-4-27-16-8-6-15(7-9-16)22-19(24)21(11-12-21)20(25)23-17-13-14(2)5-10-18(17)26-3/h5-10,13H,4,11-12H2,1-3H3,(H,22,24)(H,23,25). The Balaban J connectivity index is 1.69. The molecule has 142 valence electrons. The van der Waals surface area contributed by atoms with Crippen molar-refractivity contribution in [2.75, 3.05) is 24.4 Å². The minimum atomic E-state index is -1.03. The molecule has 2 N–H and O–H groups in total. The van der Waals surface area contributed by atoms with E-state index in [0.29, 0.717) is 36.6 Å². The van der Waals surface area contributed by atoms with Gasteiger partial charge in [0.15, 0.2) is 0 Å². The van der Waals surface area contributed by atoms with Gasteiger partial charge in [-0.1, -0.05) is 6.07 Å². The van der Waals surface area contributed by atoms with E-state index >= 15 is 0 Å². The molecule has 0 aliphatic heterocycles. The molecule has 1 fully saturated rings. The predicted molar refractivity (Wildman–Crippen MR) is 104 cm³/mol. The van der Waals surface area contributed by atoms with Gasteiger partial charge in [-0.3, -0.25) is 9.59 Å². The monoisotopic (exact) mass is 368 g/mol. The van der Waals surface area contributed by atoms with Crippen molar-refractivity contribution < 1.29 is 19.1 Å². The lowest BCUT2D eigenvalue weighted by molar-refractivity contribution is -0.131. The third kappa shape index (κ3) is 4.05. The summed E-state index contributed by atoms with van der Waals surface area (Å²) in [6.07, 6.45) is 1.05. The Labute approximate surface area is 158 Å². The van der Waals surface area contributed by atoms with Gasteiger partial charge in [-0.2, -0.15) is 0 Å². The van der Waals surface area contributed by atoms with Crippen LogP contribution in [0.1, 0.15) is 25.3 Å². The maximum Gasteiger partial charge on any atom is 0.240 e. The van der Waals surface area contributed by atoms with Crippen LogP contribution in [0.2, 0.25) is 0 Å². The Bertz CT molecular complexity index is 842. The number of aryl methyl sites for hydroxylation is 1. The molecule has 6 heteroatoms. The van der Waals surface area contributed by atoms with Gasteiger partial charge in [0.1, 0.15) is 16.9 Å². The van der Waals surface area contributed by atoms with Crippen molar-refractivity contribution in [3.8, 4) is 11.5 Å². The van der Waals surface area contributed by atoms with Gasteiger partial charge in [0, 0.05) is 5.69 Å². The normalized spacial score (nSPS) is 14.2. The van der Waals surface area contributed by atoms with Crippen LogP contribution in [0.15, 0.2) is 42.5 Å². The number of anilines is 2. The summed E-state index contributed by atoms with van der Waals surface area (Å²) in [7, 11) is 1.55. The highest BCUT2D eigenvalue weighted by Crippen LogP contribution is 2.48. The van der Waals surface area contributed by atoms with Crippen molar-refractivity contribution >= 4 is 23.2 Å². The second-order valence-electron chi connectivity index (χ2n) is 6.65. The number of ether oxygens (including phenoxy) is 2. The molecule has 0 saturated heterocycles. The molecule has 1 aliphatic carbocycles. The van der Waals surface area contributed by atoms with Crippen LogP contribution in [-0.4, -0.2) is 25.5 Å². The highest BCUT2D eigenvalue weighted by atomic mass is 16.5. The fourth-order valence-electron chi connectivity index (χ4n) is 2.90. The van der Waals surface area contributed by atoms with Crippen LogP contribution in [-0.2, 0) is 9.59 Å². The fourth-order valence-corrected chi connectivity index (χ4v) is 2.90. The smallest absolute Gasteiger partial charge is 0.240 e. The van der Waals surface area contributed by atoms with Gasteiger partial charge < -0.3 is 20.1 Å². The minimum absolute atomic E-state index is 0.296. The molecule has 6 nitrogen and oxygen atoms in total. The van der Waals surface area contributed by atoms with E-state index in [1.807, 2.05) is 26.0 Å². The second-order valence-corrected chi connectivity index (χ2v) is 6.65. The van der Waals surface area contributed by atoms with Crippen LogP contribution in [0.4, 0.5) is 11.4 Å². The molecule has 2 aromatic rings. The molecule has 27 heavy (non-hydrogen) atoms. The zero-order valence-corrected chi connectivity index (χ0v) is 15.8. The number of benzene rings is 2. The second kappa shape index (κ2) is 7.70. The van der Waals surface area contributed by atoms with E-state index in [9.17, 15) is 9.59 Å². The molecule has 0 radical (unpaired) electrons. The average Bonchev–Trinajstić information content (AvgIpc) is 3.46. The third-order valence-electron chi connectivity index (χ3n) is 4.65. The summed E-state index contributed by atoms with van der Waals surface area (Å²) in [5, 5.41) is 5.69. The van der Waals surface area contributed by atoms with Gasteiger partial charge in [0.25, 0.3) is 0 Å². The Kier molecular flexibility index (Phi) is 5.35. The van der Waals surface area contributed by atoms with Gasteiger partial charge in [0.2, 0.25) is 11.8 Å². The lowest BCUT2D eigenvalue weighted by Gasteiger charge is -2.17. The van der Waals surface area contributed by atoms with Crippen molar-refractivity contribution in [2.24, 2.45) is 5.41 Å². The zero-order chi connectivity index (χ0) is 19.4. The number of carbonyl (C=O) groups excluding carboxylic acids is 2. The van der Waals surface area contributed by atoms with E-state index in [1.165, 1.54) is 0 Å². The predicted octanol–water partition coefficient (Wildman–Crippen LogP) is 3.76. The summed E-state index contributed by atoms with van der Waals surface area (Å²) >= 11 is 0. The number of hydrogen-bond donors (Lipinski definition) is 2. The first kappa shape index (κ1) is 18.8. The minimum Gasteiger partial charge on any atom is -0.495 e. The summed E-state index contributed by atoms with van der Waals surface area (Å²) in [5.41, 5.74) is 1.17. The van der Waals surface area contributed by atoms with E-state index in [-0.39, 0.29) is 11.8 Å². The van der Waals surface area contributed by atoms with Crippen LogP contribution in [0, 0.1) is 12.3 Å². The molecule has 3 rings (SSSR count). The van der Waals surface area contributed by atoms with Crippen LogP contribution >= 0.6 is 0 Å². The van der Waals surface area contributed by atoms with E-state index in [1.54, 1.807) is 37.4 Å². The van der Waals surface area contributed by atoms with Crippen molar-refractivity contribution in [1.82, 2.24) is 0 Å². The summed E-state index contributed by atoms with van der Waals surface area (Å²) < 4.78 is 10.7. The van der Waals surface area contributed by atoms with Crippen LogP contribution in [0.3, 0.4) is 0 Å². The molecule has 1 saturated carbocycles. The number of methoxy groups -OCH3 is 1. The molecule has 0 aromatic heterocycles. The number of rotatable bonds is 7. The Morgan fingerprint density at radius 2 is 1.70 bits per heavy atom. The number of amides is 2. The maximum absolute atomic E-state index is 12.8. The zero-order valence-electron chi connectivity index (χ0n) is 15.8. The van der Waals surface area contributed by atoms with Gasteiger partial charge in [0.05, 0.1) is 19.4 Å². The van der Waals surface area contributed by atoms with Crippen molar-refractivity contribution in [2.45, 2.75) is 26.7 Å².